The average molecular weight is 352 g/mol. The summed E-state index contributed by atoms with van der Waals surface area (Å²) in [5.74, 6) is 0.243. The van der Waals surface area contributed by atoms with Crippen LogP contribution in [0.3, 0.4) is 0 Å². The van der Waals surface area contributed by atoms with Crippen molar-refractivity contribution in [3.05, 3.63) is 41.5 Å². The Morgan fingerprint density at radius 3 is 2.27 bits per heavy atom. The highest BCUT2D eigenvalue weighted by molar-refractivity contribution is 5.79. The lowest BCUT2D eigenvalue weighted by atomic mass is 9.85. The Morgan fingerprint density at radius 2 is 1.65 bits per heavy atom. The summed E-state index contributed by atoms with van der Waals surface area (Å²) in [5.41, 5.74) is 5.22. The Bertz CT molecular complexity index is 933. The first-order valence-electron chi connectivity index (χ1n) is 9.21. The third-order valence-electron chi connectivity index (χ3n) is 4.75. The highest BCUT2D eigenvalue weighted by Gasteiger charge is 2.22. The van der Waals surface area contributed by atoms with E-state index in [2.05, 4.69) is 61.8 Å². The van der Waals surface area contributed by atoms with Crippen molar-refractivity contribution in [2.24, 2.45) is 0 Å². The van der Waals surface area contributed by atoms with Crippen LogP contribution in [0, 0.1) is 6.92 Å². The summed E-state index contributed by atoms with van der Waals surface area (Å²) >= 11 is 0. The fourth-order valence-electron chi connectivity index (χ4n) is 3.28. The van der Waals surface area contributed by atoms with Gasteiger partial charge in [0.1, 0.15) is 22.5 Å². The van der Waals surface area contributed by atoms with Gasteiger partial charge < -0.3 is 10.0 Å². The van der Waals surface area contributed by atoms with Gasteiger partial charge >= 0.3 is 0 Å². The maximum Gasteiger partial charge on any atom is 0.146 e. The van der Waals surface area contributed by atoms with Crippen molar-refractivity contribution in [3.8, 4) is 11.4 Å². The van der Waals surface area contributed by atoms with Gasteiger partial charge in [-0.3, -0.25) is 0 Å². The van der Waals surface area contributed by atoms with Crippen LogP contribution in [-0.2, 0) is 5.41 Å². The molecule has 1 N–H and O–H groups in total. The van der Waals surface area contributed by atoms with Crippen LogP contribution in [-0.4, -0.2) is 33.2 Å². The van der Waals surface area contributed by atoms with Gasteiger partial charge in [0.05, 0.1) is 0 Å². The van der Waals surface area contributed by atoms with Crippen molar-refractivity contribution in [3.63, 3.8) is 0 Å². The number of fused-ring (bicyclic) bond motifs is 1. The molecule has 0 atom stereocenters. The maximum absolute atomic E-state index is 10.8. The monoisotopic (exact) mass is 352 g/mol. The highest BCUT2D eigenvalue weighted by atomic mass is 16.3. The summed E-state index contributed by atoms with van der Waals surface area (Å²) in [5, 5.41) is 20.1. The van der Waals surface area contributed by atoms with E-state index in [1.807, 2.05) is 25.1 Å². The van der Waals surface area contributed by atoms with Crippen LogP contribution in [0.4, 0.5) is 5.69 Å². The van der Waals surface area contributed by atoms with E-state index in [9.17, 15) is 5.11 Å². The first-order valence-corrected chi connectivity index (χ1v) is 9.21. The second kappa shape index (κ2) is 6.63. The number of hydrogen-bond acceptors (Lipinski definition) is 4. The number of phenols is 1. The number of phenolic OH excluding ortho intramolecular Hbond substituents is 1. The van der Waals surface area contributed by atoms with Gasteiger partial charge in [0.25, 0.3) is 0 Å². The number of anilines is 1. The molecule has 1 aromatic heterocycles. The Balaban J connectivity index is 2.13. The maximum atomic E-state index is 10.8. The molecule has 0 aliphatic rings. The van der Waals surface area contributed by atoms with Gasteiger partial charge in [-0.15, -0.1) is 15.0 Å². The molecular formula is C21H28N4O. The number of aromatic hydroxyl groups is 1. The smallest absolute Gasteiger partial charge is 0.146 e. The largest absolute Gasteiger partial charge is 0.505 e. The predicted molar refractivity (Wildman–Crippen MR) is 108 cm³/mol. The minimum absolute atomic E-state index is 0.159. The predicted octanol–water partition coefficient (Wildman–Crippen LogP) is 4.58. The standard InChI is InChI=1S/C21H28N4O/c1-7-24(8-2)15-9-10-17-18(13-15)23-25(22-17)19-12-14(3)11-16(20(19)26)21(4,5)6/h9-13,26H,7-8H2,1-6H3. The van der Waals surface area contributed by atoms with Gasteiger partial charge in [0.2, 0.25) is 0 Å². The van der Waals surface area contributed by atoms with Crippen molar-refractivity contribution in [1.29, 1.82) is 0 Å². The molecule has 3 aromatic rings. The lowest BCUT2D eigenvalue weighted by Crippen LogP contribution is -2.21. The molecule has 0 amide bonds. The van der Waals surface area contributed by atoms with Gasteiger partial charge in [-0.1, -0.05) is 26.8 Å². The van der Waals surface area contributed by atoms with Crippen molar-refractivity contribution in [1.82, 2.24) is 15.0 Å². The number of aryl methyl sites for hydroxylation is 1. The molecule has 0 spiro atoms. The Kier molecular flexibility index (Phi) is 4.65. The molecule has 0 saturated carbocycles. The minimum Gasteiger partial charge on any atom is -0.505 e. The van der Waals surface area contributed by atoms with Crippen molar-refractivity contribution in [2.45, 2.75) is 47.0 Å². The molecule has 0 unspecified atom stereocenters. The van der Waals surface area contributed by atoms with Gasteiger partial charge in [-0.05, 0) is 56.0 Å². The summed E-state index contributed by atoms with van der Waals surface area (Å²) in [6.45, 7) is 14.5. The van der Waals surface area contributed by atoms with Crippen LogP contribution in [0.2, 0.25) is 0 Å². The molecule has 5 heteroatoms. The average Bonchev–Trinajstić information content (AvgIpc) is 3.00. The third-order valence-corrected chi connectivity index (χ3v) is 4.75. The molecule has 3 rings (SSSR count). The van der Waals surface area contributed by atoms with E-state index < -0.39 is 0 Å². The molecule has 0 aliphatic heterocycles. The van der Waals surface area contributed by atoms with E-state index in [4.69, 9.17) is 0 Å². The molecule has 0 bridgehead atoms. The van der Waals surface area contributed by atoms with Crippen LogP contribution in [0.5, 0.6) is 5.75 Å². The van der Waals surface area contributed by atoms with E-state index in [1.54, 1.807) is 4.80 Å². The number of benzene rings is 2. The lowest BCUT2D eigenvalue weighted by Gasteiger charge is -2.22. The Labute approximate surface area is 155 Å². The number of nitrogens with zero attached hydrogens (tertiary/aromatic N) is 4. The Morgan fingerprint density at radius 1 is 1.00 bits per heavy atom. The molecule has 138 valence electrons. The molecule has 2 aromatic carbocycles. The topological polar surface area (TPSA) is 54.2 Å². The molecule has 0 radical (unpaired) electrons. The van der Waals surface area contributed by atoms with Crippen LogP contribution < -0.4 is 4.90 Å². The molecule has 5 nitrogen and oxygen atoms in total. The van der Waals surface area contributed by atoms with Gasteiger partial charge in [0.15, 0.2) is 0 Å². The summed E-state index contributed by atoms with van der Waals surface area (Å²) in [7, 11) is 0. The highest BCUT2D eigenvalue weighted by Crippen LogP contribution is 2.36. The quantitative estimate of drug-likeness (QED) is 0.747. The fraction of sp³-hybridized carbons (Fsp3) is 0.429. The van der Waals surface area contributed by atoms with E-state index >= 15 is 0 Å². The van der Waals surface area contributed by atoms with E-state index in [-0.39, 0.29) is 11.2 Å². The second-order valence-electron chi connectivity index (χ2n) is 7.76. The van der Waals surface area contributed by atoms with Gasteiger partial charge in [-0.2, -0.15) is 0 Å². The first-order chi connectivity index (χ1) is 12.2. The van der Waals surface area contributed by atoms with Crippen molar-refractivity contribution in [2.75, 3.05) is 18.0 Å². The van der Waals surface area contributed by atoms with Crippen molar-refractivity contribution < 1.29 is 5.11 Å². The SMILES string of the molecule is CCN(CC)c1ccc2nn(-c3cc(C)cc(C(C)(C)C)c3O)nc2c1. The first kappa shape index (κ1) is 18.2. The zero-order valence-electron chi connectivity index (χ0n) is 16.5. The molecule has 0 aliphatic carbocycles. The number of aromatic nitrogens is 3. The zero-order chi connectivity index (χ0) is 19.1. The zero-order valence-corrected chi connectivity index (χ0v) is 16.5. The van der Waals surface area contributed by atoms with E-state index in [0.717, 1.165) is 40.9 Å². The molecule has 26 heavy (non-hydrogen) atoms. The molecule has 1 heterocycles. The van der Waals surface area contributed by atoms with Gasteiger partial charge in [0, 0.05) is 24.3 Å². The van der Waals surface area contributed by atoms with Gasteiger partial charge in [-0.25, -0.2) is 0 Å². The molecule has 0 saturated heterocycles. The second-order valence-corrected chi connectivity index (χ2v) is 7.76. The van der Waals surface area contributed by atoms with Crippen LogP contribution in [0.25, 0.3) is 16.7 Å². The summed E-state index contributed by atoms with van der Waals surface area (Å²) in [4.78, 5) is 3.83. The number of hydrogen-bond donors (Lipinski definition) is 1. The van der Waals surface area contributed by atoms with Crippen LogP contribution >= 0.6 is 0 Å². The van der Waals surface area contributed by atoms with E-state index in [0.29, 0.717) is 5.69 Å². The lowest BCUT2D eigenvalue weighted by molar-refractivity contribution is 0.440. The summed E-state index contributed by atoms with van der Waals surface area (Å²) in [6.07, 6.45) is 0. The van der Waals surface area contributed by atoms with Crippen molar-refractivity contribution >= 4 is 16.7 Å². The fourth-order valence-corrected chi connectivity index (χ4v) is 3.28. The molecular weight excluding hydrogens is 324 g/mol. The minimum atomic E-state index is -0.159. The molecule has 0 fully saturated rings. The van der Waals surface area contributed by atoms with Crippen LogP contribution in [0.15, 0.2) is 30.3 Å². The van der Waals surface area contributed by atoms with Crippen LogP contribution in [0.1, 0.15) is 45.7 Å². The summed E-state index contributed by atoms with van der Waals surface area (Å²) < 4.78 is 0. The normalized spacial score (nSPS) is 11.9. The van der Waals surface area contributed by atoms with E-state index in [1.165, 1.54) is 0 Å². The Hall–Kier alpha value is -2.56. The summed E-state index contributed by atoms with van der Waals surface area (Å²) in [6, 6.07) is 10.1. The number of rotatable bonds is 4. The third kappa shape index (κ3) is 3.26.